The van der Waals surface area contributed by atoms with E-state index >= 15 is 0 Å². The Bertz CT molecular complexity index is 1720. The highest BCUT2D eigenvalue weighted by Crippen LogP contribution is 2.38. The summed E-state index contributed by atoms with van der Waals surface area (Å²) in [6.07, 6.45) is -3.50. The topological polar surface area (TPSA) is 77.2 Å². The molecule has 0 radical (unpaired) electrons. The quantitative estimate of drug-likeness (QED) is 0.217. The smallest absolute Gasteiger partial charge is 0.421 e. The lowest BCUT2D eigenvalue weighted by atomic mass is 10.0. The number of aryl methyl sites for hydroxylation is 2. The van der Waals surface area contributed by atoms with Crippen LogP contribution in [0.1, 0.15) is 40.7 Å². The number of halogens is 4. The standard InChI is InChI=1S/C30H27ClF3N3O3S/c1-5-41-28(17(2)15-38)21-12-18(3)36-27-20(21)8-6-10-26(27)40-16-22-24(31)13-19(4)35-25(22)14-37-11-7-9-23(29(37)39)30(32,33)34/h5-13,38H,1,14-16H2,2-4H3/b28-17+. The van der Waals surface area contributed by atoms with E-state index in [9.17, 15) is 23.1 Å². The number of pyridine rings is 3. The minimum Gasteiger partial charge on any atom is -0.486 e. The van der Waals surface area contributed by atoms with Crippen LogP contribution in [0, 0.1) is 13.8 Å². The van der Waals surface area contributed by atoms with Crippen molar-refractivity contribution in [2.45, 2.75) is 40.1 Å². The number of hydrogen-bond acceptors (Lipinski definition) is 6. The first-order valence-corrected chi connectivity index (χ1v) is 13.7. The number of alkyl halides is 3. The Morgan fingerprint density at radius 3 is 2.59 bits per heavy atom. The largest absolute Gasteiger partial charge is 0.486 e. The van der Waals surface area contributed by atoms with Gasteiger partial charge in [-0.05, 0) is 67.6 Å². The SMILES string of the molecule is C=CS/C(=C(\C)CO)c1cc(C)nc2c(OCc3c(Cl)cc(C)nc3Cn3cccc(C(F)(F)F)c3=O)cccc12. The third-order valence-corrected chi connectivity index (χ3v) is 7.61. The Hall–Kier alpha value is -3.60. The molecule has 0 fully saturated rings. The number of aromatic nitrogens is 3. The predicted molar refractivity (Wildman–Crippen MR) is 157 cm³/mol. The second-order valence-electron chi connectivity index (χ2n) is 9.33. The number of para-hydroxylation sites is 1. The molecule has 0 aliphatic rings. The van der Waals surface area contributed by atoms with Gasteiger partial charge in [0.1, 0.15) is 23.4 Å². The third kappa shape index (κ3) is 6.66. The van der Waals surface area contributed by atoms with Gasteiger partial charge in [-0.2, -0.15) is 13.2 Å². The zero-order valence-corrected chi connectivity index (χ0v) is 24.1. The highest BCUT2D eigenvalue weighted by Gasteiger charge is 2.34. The fourth-order valence-corrected chi connectivity index (χ4v) is 5.45. The van der Waals surface area contributed by atoms with E-state index in [-0.39, 0.29) is 19.8 Å². The first-order valence-electron chi connectivity index (χ1n) is 12.5. The summed E-state index contributed by atoms with van der Waals surface area (Å²) in [4.78, 5) is 22.6. The van der Waals surface area contributed by atoms with Crippen LogP contribution in [-0.2, 0) is 19.3 Å². The van der Waals surface area contributed by atoms with Crippen LogP contribution < -0.4 is 10.3 Å². The van der Waals surface area contributed by atoms with Crippen molar-refractivity contribution in [2.75, 3.05) is 6.61 Å². The van der Waals surface area contributed by atoms with Gasteiger partial charge in [-0.25, -0.2) is 4.98 Å². The zero-order chi connectivity index (χ0) is 29.9. The van der Waals surface area contributed by atoms with E-state index in [1.165, 1.54) is 24.0 Å². The molecule has 1 N–H and O–H groups in total. The summed E-state index contributed by atoms with van der Waals surface area (Å²) < 4.78 is 47.1. The molecule has 214 valence electrons. The number of hydrogen-bond donors (Lipinski definition) is 1. The number of thioether (sulfide) groups is 1. The minimum atomic E-state index is -4.78. The Labute approximate surface area is 244 Å². The summed E-state index contributed by atoms with van der Waals surface area (Å²) in [5.41, 5.74) is 1.82. The summed E-state index contributed by atoms with van der Waals surface area (Å²) in [6, 6.07) is 11.0. The second-order valence-corrected chi connectivity index (χ2v) is 10.7. The number of benzene rings is 1. The average molecular weight is 602 g/mol. The minimum absolute atomic E-state index is 0.0704. The van der Waals surface area contributed by atoms with Crippen LogP contribution in [0.3, 0.4) is 0 Å². The average Bonchev–Trinajstić information content (AvgIpc) is 2.91. The molecule has 0 aliphatic carbocycles. The number of aliphatic hydroxyl groups is 1. The van der Waals surface area contributed by atoms with Crippen molar-refractivity contribution < 1.29 is 23.0 Å². The summed E-state index contributed by atoms with van der Waals surface area (Å²) in [5.74, 6) is 0.455. The van der Waals surface area contributed by atoms with Crippen molar-refractivity contribution in [3.8, 4) is 5.75 Å². The molecule has 0 amide bonds. The zero-order valence-electron chi connectivity index (χ0n) is 22.6. The molecule has 41 heavy (non-hydrogen) atoms. The van der Waals surface area contributed by atoms with Gasteiger partial charge in [0.05, 0.1) is 23.9 Å². The maximum absolute atomic E-state index is 13.3. The van der Waals surface area contributed by atoms with Crippen molar-refractivity contribution in [3.63, 3.8) is 0 Å². The van der Waals surface area contributed by atoms with E-state index in [2.05, 4.69) is 11.6 Å². The first-order chi connectivity index (χ1) is 19.4. The normalized spacial score (nSPS) is 12.4. The van der Waals surface area contributed by atoms with Gasteiger partial charge in [0.2, 0.25) is 0 Å². The van der Waals surface area contributed by atoms with Crippen molar-refractivity contribution >= 4 is 39.2 Å². The number of ether oxygens (including phenoxy) is 1. The maximum Gasteiger partial charge on any atom is 0.421 e. The maximum atomic E-state index is 13.3. The molecule has 0 bridgehead atoms. The van der Waals surface area contributed by atoms with Crippen LogP contribution in [0.4, 0.5) is 13.2 Å². The fraction of sp³-hybridized carbons (Fsp3) is 0.233. The molecular weight excluding hydrogens is 575 g/mol. The van der Waals surface area contributed by atoms with E-state index < -0.39 is 17.3 Å². The van der Waals surface area contributed by atoms with Crippen LogP contribution in [0.25, 0.3) is 15.8 Å². The number of nitrogens with zero attached hydrogens (tertiary/aromatic N) is 3. The Morgan fingerprint density at radius 2 is 1.90 bits per heavy atom. The van der Waals surface area contributed by atoms with E-state index in [4.69, 9.17) is 21.3 Å². The molecule has 0 unspecified atom stereocenters. The van der Waals surface area contributed by atoms with Gasteiger partial charge in [-0.1, -0.05) is 42.1 Å². The molecule has 0 aliphatic heterocycles. The fourth-order valence-electron chi connectivity index (χ4n) is 4.40. The summed E-state index contributed by atoms with van der Waals surface area (Å²) in [6.45, 7) is 8.80. The van der Waals surface area contributed by atoms with Crippen molar-refractivity contribution in [1.82, 2.24) is 14.5 Å². The van der Waals surface area contributed by atoms with Gasteiger partial charge >= 0.3 is 6.18 Å². The van der Waals surface area contributed by atoms with Crippen molar-refractivity contribution in [2.24, 2.45) is 0 Å². The lowest BCUT2D eigenvalue weighted by Crippen LogP contribution is -2.29. The predicted octanol–water partition coefficient (Wildman–Crippen LogP) is 7.31. The van der Waals surface area contributed by atoms with Crippen molar-refractivity contribution in [3.05, 3.63) is 115 Å². The lowest BCUT2D eigenvalue weighted by Gasteiger charge is -2.17. The second kappa shape index (κ2) is 12.5. The summed E-state index contributed by atoms with van der Waals surface area (Å²) in [7, 11) is 0. The molecule has 4 aromatic rings. The number of rotatable bonds is 9. The molecule has 3 heterocycles. The molecule has 4 rings (SSSR count). The molecule has 0 saturated heterocycles. The molecule has 0 spiro atoms. The van der Waals surface area contributed by atoms with Gasteiger partial charge in [0.15, 0.2) is 0 Å². The van der Waals surface area contributed by atoms with Crippen LogP contribution >= 0.6 is 23.4 Å². The van der Waals surface area contributed by atoms with E-state index in [1.807, 2.05) is 32.0 Å². The molecule has 11 heteroatoms. The molecule has 3 aromatic heterocycles. The molecule has 0 saturated carbocycles. The van der Waals surface area contributed by atoms with Gasteiger partial charge in [-0.3, -0.25) is 9.78 Å². The number of aliphatic hydroxyl groups excluding tert-OH is 1. The van der Waals surface area contributed by atoms with Crippen molar-refractivity contribution in [1.29, 1.82) is 0 Å². The first kappa shape index (κ1) is 30.4. The van der Waals surface area contributed by atoms with Gasteiger partial charge in [0.25, 0.3) is 5.56 Å². The molecule has 6 nitrogen and oxygen atoms in total. The van der Waals surface area contributed by atoms with Gasteiger partial charge < -0.3 is 14.4 Å². The molecule has 0 atom stereocenters. The summed E-state index contributed by atoms with van der Waals surface area (Å²) in [5, 5.41) is 12.6. The van der Waals surface area contributed by atoms with Crippen LogP contribution in [-0.4, -0.2) is 26.2 Å². The highest BCUT2D eigenvalue weighted by atomic mass is 35.5. The van der Waals surface area contributed by atoms with Gasteiger partial charge in [-0.15, -0.1) is 0 Å². The molecule has 1 aromatic carbocycles. The molecular formula is C30H27ClF3N3O3S. The van der Waals surface area contributed by atoms with Gasteiger partial charge in [0, 0.05) is 33.4 Å². The Balaban J connectivity index is 1.75. The Morgan fingerprint density at radius 1 is 1.17 bits per heavy atom. The number of fused-ring (bicyclic) bond motifs is 1. The van der Waals surface area contributed by atoms with E-state index in [1.54, 1.807) is 24.5 Å². The third-order valence-electron chi connectivity index (χ3n) is 6.30. The van der Waals surface area contributed by atoms with E-state index in [0.717, 1.165) is 37.8 Å². The Kier molecular flexibility index (Phi) is 9.26. The monoisotopic (exact) mass is 601 g/mol. The summed E-state index contributed by atoms with van der Waals surface area (Å²) >= 11 is 7.96. The highest BCUT2D eigenvalue weighted by molar-refractivity contribution is 8.10. The van der Waals surface area contributed by atoms with Crippen LogP contribution in [0.15, 0.2) is 71.0 Å². The van der Waals surface area contributed by atoms with Crippen LogP contribution in [0.5, 0.6) is 5.75 Å². The van der Waals surface area contributed by atoms with E-state index in [0.29, 0.717) is 33.2 Å². The van der Waals surface area contributed by atoms with Crippen LogP contribution in [0.2, 0.25) is 5.02 Å². The lowest BCUT2D eigenvalue weighted by molar-refractivity contribution is -0.138.